The van der Waals surface area contributed by atoms with Gasteiger partial charge in [-0.3, -0.25) is 4.79 Å². The van der Waals surface area contributed by atoms with Gasteiger partial charge >= 0.3 is 0 Å². The van der Waals surface area contributed by atoms with Crippen molar-refractivity contribution in [2.24, 2.45) is 17.8 Å². The molecule has 1 amide bonds. The predicted octanol–water partition coefficient (Wildman–Crippen LogP) is 2.80. The topological polar surface area (TPSA) is 32.3 Å². The molecule has 0 aromatic heterocycles. The molecule has 2 saturated carbocycles. The molecule has 3 aliphatic rings. The molecule has 0 aromatic carbocycles. The molecule has 1 saturated heterocycles. The highest BCUT2D eigenvalue weighted by Gasteiger charge is 2.40. The standard InChI is InChI=1S/C17H30N2O/c1-19(14-5-2-3-6-14)17(20)16-8-4-7-15(16)13-9-11-18-12-10-13/h13-16,18H,2-12H2,1H3. The third kappa shape index (κ3) is 2.88. The summed E-state index contributed by atoms with van der Waals surface area (Å²) in [5.41, 5.74) is 0. The van der Waals surface area contributed by atoms with E-state index in [-0.39, 0.29) is 0 Å². The van der Waals surface area contributed by atoms with E-state index in [1.807, 2.05) is 0 Å². The van der Waals surface area contributed by atoms with Gasteiger partial charge in [0.05, 0.1) is 0 Å². The van der Waals surface area contributed by atoms with Gasteiger partial charge in [0.25, 0.3) is 0 Å². The average molecular weight is 278 g/mol. The number of amides is 1. The minimum absolute atomic E-state index is 0.337. The molecule has 2 aliphatic carbocycles. The number of rotatable bonds is 3. The predicted molar refractivity (Wildman–Crippen MR) is 81.5 cm³/mol. The summed E-state index contributed by atoms with van der Waals surface area (Å²) in [5.74, 6) is 2.28. The molecule has 1 heterocycles. The quantitative estimate of drug-likeness (QED) is 0.861. The molecule has 20 heavy (non-hydrogen) atoms. The van der Waals surface area contributed by atoms with Crippen molar-refractivity contribution in [1.29, 1.82) is 0 Å². The van der Waals surface area contributed by atoms with Gasteiger partial charge in [0.1, 0.15) is 0 Å². The molecule has 2 unspecified atom stereocenters. The fraction of sp³-hybridized carbons (Fsp3) is 0.941. The summed E-state index contributed by atoms with van der Waals surface area (Å²) >= 11 is 0. The van der Waals surface area contributed by atoms with Crippen LogP contribution in [0.2, 0.25) is 0 Å². The second-order valence-corrected chi connectivity index (χ2v) is 7.18. The SMILES string of the molecule is CN(C(=O)C1CCCC1C1CCNCC1)C1CCCC1. The maximum Gasteiger partial charge on any atom is 0.225 e. The Hall–Kier alpha value is -0.570. The lowest BCUT2D eigenvalue weighted by Crippen LogP contribution is -2.42. The summed E-state index contributed by atoms with van der Waals surface area (Å²) in [7, 11) is 2.07. The molecular formula is C17H30N2O. The number of carbonyl (C=O) groups excluding carboxylic acids is 1. The second kappa shape index (κ2) is 6.46. The van der Waals surface area contributed by atoms with E-state index in [0.29, 0.717) is 23.8 Å². The molecule has 114 valence electrons. The van der Waals surface area contributed by atoms with Gasteiger partial charge in [-0.25, -0.2) is 0 Å². The Labute approximate surface area is 123 Å². The van der Waals surface area contributed by atoms with Crippen LogP contribution in [-0.2, 0) is 4.79 Å². The van der Waals surface area contributed by atoms with Crippen LogP contribution in [0.5, 0.6) is 0 Å². The lowest BCUT2D eigenvalue weighted by atomic mass is 9.78. The molecule has 3 nitrogen and oxygen atoms in total. The molecule has 0 radical (unpaired) electrons. The fourth-order valence-electron chi connectivity index (χ4n) is 4.87. The molecule has 0 aromatic rings. The van der Waals surface area contributed by atoms with Crippen molar-refractivity contribution in [3.8, 4) is 0 Å². The smallest absolute Gasteiger partial charge is 0.225 e. The maximum absolute atomic E-state index is 12.9. The van der Waals surface area contributed by atoms with Crippen molar-refractivity contribution in [3.05, 3.63) is 0 Å². The zero-order chi connectivity index (χ0) is 13.9. The minimum atomic E-state index is 0.337. The Morgan fingerprint density at radius 3 is 2.35 bits per heavy atom. The van der Waals surface area contributed by atoms with Crippen LogP contribution in [0, 0.1) is 17.8 Å². The average Bonchev–Trinajstić information content (AvgIpc) is 3.17. The molecule has 0 spiro atoms. The number of nitrogens with one attached hydrogen (secondary N) is 1. The van der Waals surface area contributed by atoms with Gasteiger partial charge in [-0.05, 0) is 63.5 Å². The van der Waals surface area contributed by atoms with E-state index < -0.39 is 0 Å². The van der Waals surface area contributed by atoms with Crippen LogP contribution in [0.4, 0.5) is 0 Å². The number of piperidine rings is 1. The Kier molecular flexibility index (Phi) is 4.65. The normalized spacial score (nSPS) is 32.6. The minimum Gasteiger partial charge on any atom is -0.343 e. The Morgan fingerprint density at radius 1 is 0.950 bits per heavy atom. The molecule has 1 aliphatic heterocycles. The summed E-state index contributed by atoms with van der Waals surface area (Å²) < 4.78 is 0. The molecule has 2 atom stereocenters. The van der Waals surface area contributed by atoms with Crippen LogP contribution >= 0.6 is 0 Å². The lowest BCUT2D eigenvalue weighted by molar-refractivity contribution is -0.138. The fourth-order valence-corrected chi connectivity index (χ4v) is 4.87. The largest absolute Gasteiger partial charge is 0.343 e. The number of hydrogen-bond acceptors (Lipinski definition) is 2. The first-order valence-corrected chi connectivity index (χ1v) is 8.75. The van der Waals surface area contributed by atoms with Gasteiger partial charge in [0.2, 0.25) is 5.91 Å². The van der Waals surface area contributed by atoms with Crippen molar-refractivity contribution in [2.75, 3.05) is 20.1 Å². The molecule has 0 bridgehead atoms. The first-order chi connectivity index (χ1) is 9.77. The van der Waals surface area contributed by atoms with Gasteiger partial charge in [-0.2, -0.15) is 0 Å². The molecule has 3 fully saturated rings. The van der Waals surface area contributed by atoms with Crippen molar-refractivity contribution in [1.82, 2.24) is 10.2 Å². The highest BCUT2D eigenvalue weighted by molar-refractivity contribution is 5.79. The third-order valence-corrected chi connectivity index (χ3v) is 6.10. The zero-order valence-electron chi connectivity index (χ0n) is 12.9. The van der Waals surface area contributed by atoms with Crippen LogP contribution < -0.4 is 5.32 Å². The summed E-state index contributed by atoms with van der Waals surface area (Å²) in [6, 6.07) is 0.539. The highest BCUT2D eigenvalue weighted by atomic mass is 16.2. The van der Waals surface area contributed by atoms with Crippen molar-refractivity contribution in [2.45, 2.75) is 63.8 Å². The van der Waals surface area contributed by atoms with E-state index in [2.05, 4.69) is 17.3 Å². The van der Waals surface area contributed by atoms with Crippen LogP contribution in [0.25, 0.3) is 0 Å². The monoisotopic (exact) mass is 278 g/mol. The zero-order valence-corrected chi connectivity index (χ0v) is 12.9. The second-order valence-electron chi connectivity index (χ2n) is 7.18. The summed E-state index contributed by atoms with van der Waals surface area (Å²) in [4.78, 5) is 15.0. The van der Waals surface area contributed by atoms with E-state index in [1.165, 1.54) is 51.4 Å². The third-order valence-electron chi connectivity index (χ3n) is 6.10. The van der Waals surface area contributed by atoms with E-state index in [0.717, 1.165) is 25.4 Å². The Morgan fingerprint density at radius 2 is 1.65 bits per heavy atom. The highest BCUT2D eigenvalue weighted by Crippen LogP contribution is 2.41. The van der Waals surface area contributed by atoms with Crippen LogP contribution in [-0.4, -0.2) is 37.0 Å². The summed E-state index contributed by atoms with van der Waals surface area (Å²) in [6.07, 6.45) is 11.3. The molecule has 3 heteroatoms. The van der Waals surface area contributed by atoms with Crippen molar-refractivity contribution >= 4 is 5.91 Å². The van der Waals surface area contributed by atoms with E-state index in [4.69, 9.17) is 0 Å². The van der Waals surface area contributed by atoms with Crippen molar-refractivity contribution < 1.29 is 4.79 Å². The first kappa shape index (κ1) is 14.4. The number of hydrogen-bond donors (Lipinski definition) is 1. The van der Waals surface area contributed by atoms with E-state index >= 15 is 0 Å². The Bertz CT molecular complexity index is 332. The lowest BCUT2D eigenvalue weighted by Gasteiger charge is -2.34. The van der Waals surface area contributed by atoms with Gasteiger partial charge in [-0.1, -0.05) is 19.3 Å². The van der Waals surface area contributed by atoms with E-state index in [9.17, 15) is 4.79 Å². The molecule has 3 rings (SSSR count). The van der Waals surface area contributed by atoms with Crippen LogP contribution in [0.1, 0.15) is 57.8 Å². The van der Waals surface area contributed by atoms with Crippen LogP contribution in [0.15, 0.2) is 0 Å². The van der Waals surface area contributed by atoms with Crippen LogP contribution in [0.3, 0.4) is 0 Å². The Balaban J connectivity index is 1.63. The van der Waals surface area contributed by atoms with Gasteiger partial charge in [0, 0.05) is 19.0 Å². The summed E-state index contributed by atoms with van der Waals surface area (Å²) in [5, 5.41) is 3.45. The van der Waals surface area contributed by atoms with Gasteiger partial charge in [-0.15, -0.1) is 0 Å². The maximum atomic E-state index is 12.9. The van der Waals surface area contributed by atoms with Gasteiger partial charge < -0.3 is 10.2 Å². The molecule has 1 N–H and O–H groups in total. The summed E-state index contributed by atoms with van der Waals surface area (Å²) in [6.45, 7) is 2.31. The van der Waals surface area contributed by atoms with E-state index in [1.54, 1.807) is 0 Å². The van der Waals surface area contributed by atoms with Gasteiger partial charge in [0.15, 0.2) is 0 Å². The van der Waals surface area contributed by atoms with Crippen molar-refractivity contribution in [3.63, 3.8) is 0 Å². The number of carbonyl (C=O) groups is 1. The number of nitrogens with zero attached hydrogens (tertiary/aromatic N) is 1. The first-order valence-electron chi connectivity index (χ1n) is 8.75. The molecular weight excluding hydrogens is 248 g/mol.